The molecule has 0 aromatic carbocycles. The molecule has 0 spiro atoms. The number of amides is 1. The SMILES string of the molecule is CCCNc1nc(N)c(C(=O)NCCC2CCCO2)s1. The second kappa shape index (κ2) is 7.44. The maximum absolute atomic E-state index is 12.0. The summed E-state index contributed by atoms with van der Waals surface area (Å²) in [6, 6.07) is 0. The minimum atomic E-state index is -0.150. The van der Waals surface area contributed by atoms with Crippen LogP contribution in [0.3, 0.4) is 0 Å². The van der Waals surface area contributed by atoms with Crippen LogP contribution in [0.2, 0.25) is 0 Å². The number of nitrogens with zero attached hydrogens (tertiary/aromatic N) is 1. The zero-order chi connectivity index (χ0) is 14.4. The molecule has 1 aromatic rings. The molecular weight excluding hydrogens is 276 g/mol. The first kappa shape index (κ1) is 15.1. The fourth-order valence-corrected chi connectivity index (χ4v) is 2.93. The van der Waals surface area contributed by atoms with Gasteiger partial charge in [0.05, 0.1) is 6.10 Å². The van der Waals surface area contributed by atoms with Crippen LogP contribution >= 0.6 is 11.3 Å². The van der Waals surface area contributed by atoms with Crippen LogP contribution in [0.15, 0.2) is 0 Å². The average molecular weight is 298 g/mol. The van der Waals surface area contributed by atoms with E-state index in [4.69, 9.17) is 10.5 Å². The van der Waals surface area contributed by atoms with Gasteiger partial charge in [-0.25, -0.2) is 4.98 Å². The molecule has 1 unspecified atom stereocenters. The Hall–Kier alpha value is -1.34. The Morgan fingerprint density at radius 1 is 1.55 bits per heavy atom. The summed E-state index contributed by atoms with van der Waals surface area (Å²) in [7, 11) is 0. The van der Waals surface area contributed by atoms with E-state index >= 15 is 0 Å². The van der Waals surface area contributed by atoms with Crippen molar-refractivity contribution in [1.29, 1.82) is 0 Å². The summed E-state index contributed by atoms with van der Waals surface area (Å²) >= 11 is 1.30. The minimum Gasteiger partial charge on any atom is -0.382 e. The number of aromatic nitrogens is 1. The van der Waals surface area contributed by atoms with Crippen molar-refractivity contribution in [3.8, 4) is 0 Å². The number of thiazole rings is 1. The number of anilines is 2. The lowest BCUT2D eigenvalue weighted by Gasteiger charge is -2.09. The largest absolute Gasteiger partial charge is 0.382 e. The van der Waals surface area contributed by atoms with Crippen molar-refractivity contribution in [3.63, 3.8) is 0 Å². The monoisotopic (exact) mass is 298 g/mol. The van der Waals surface area contributed by atoms with Crippen LogP contribution < -0.4 is 16.4 Å². The summed E-state index contributed by atoms with van der Waals surface area (Å²) < 4.78 is 5.52. The second-order valence-corrected chi connectivity index (χ2v) is 5.84. The van der Waals surface area contributed by atoms with Crippen molar-refractivity contribution in [3.05, 3.63) is 4.88 Å². The van der Waals surface area contributed by atoms with Crippen molar-refractivity contribution in [2.45, 2.75) is 38.7 Å². The third kappa shape index (κ3) is 4.08. The van der Waals surface area contributed by atoms with E-state index in [1.165, 1.54) is 11.3 Å². The number of ether oxygens (including phenoxy) is 1. The van der Waals surface area contributed by atoms with Gasteiger partial charge in [-0.2, -0.15) is 0 Å². The molecule has 1 fully saturated rings. The minimum absolute atomic E-state index is 0.150. The highest BCUT2D eigenvalue weighted by atomic mass is 32.1. The third-order valence-electron chi connectivity index (χ3n) is 3.16. The van der Waals surface area contributed by atoms with Gasteiger partial charge in [0.2, 0.25) is 0 Å². The Labute approximate surface area is 123 Å². The van der Waals surface area contributed by atoms with Crippen LogP contribution in [0.4, 0.5) is 10.9 Å². The Morgan fingerprint density at radius 3 is 3.10 bits per heavy atom. The summed E-state index contributed by atoms with van der Waals surface area (Å²) in [5.74, 6) is 0.144. The van der Waals surface area contributed by atoms with Crippen LogP contribution in [0.5, 0.6) is 0 Å². The van der Waals surface area contributed by atoms with E-state index in [1.807, 2.05) is 0 Å². The van der Waals surface area contributed by atoms with Gasteiger partial charge in [0.15, 0.2) is 5.13 Å². The first-order chi connectivity index (χ1) is 9.70. The molecule has 4 N–H and O–H groups in total. The van der Waals surface area contributed by atoms with Crippen LogP contribution in [-0.4, -0.2) is 36.7 Å². The number of hydrogen-bond donors (Lipinski definition) is 3. The summed E-state index contributed by atoms with van der Waals surface area (Å²) in [6.07, 6.45) is 4.35. The summed E-state index contributed by atoms with van der Waals surface area (Å²) in [5, 5.41) is 6.72. The molecule has 6 nitrogen and oxygen atoms in total. The summed E-state index contributed by atoms with van der Waals surface area (Å²) in [4.78, 5) is 16.7. The highest BCUT2D eigenvalue weighted by Crippen LogP contribution is 2.24. The topological polar surface area (TPSA) is 89.3 Å². The van der Waals surface area contributed by atoms with Crippen LogP contribution in [-0.2, 0) is 4.74 Å². The van der Waals surface area contributed by atoms with Gasteiger partial charge in [0.1, 0.15) is 10.7 Å². The van der Waals surface area contributed by atoms with Crippen molar-refractivity contribution in [2.75, 3.05) is 30.7 Å². The molecule has 2 heterocycles. The predicted octanol–water partition coefficient (Wildman–Crippen LogP) is 1.85. The number of nitrogens with one attached hydrogen (secondary N) is 2. The highest BCUT2D eigenvalue weighted by molar-refractivity contribution is 7.18. The number of carbonyl (C=O) groups is 1. The molecular formula is C13H22N4O2S. The second-order valence-electron chi connectivity index (χ2n) is 4.84. The molecule has 0 saturated carbocycles. The Morgan fingerprint density at radius 2 is 2.40 bits per heavy atom. The molecule has 0 bridgehead atoms. The van der Waals surface area contributed by atoms with Crippen LogP contribution in [0, 0.1) is 0 Å². The summed E-state index contributed by atoms with van der Waals surface area (Å²) in [5.41, 5.74) is 5.78. The van der Waals surface area contributed by atoms with E-state index in [2.05, 4.69) is 22.5 Å². The maximum atomic E-state index is 12.0. The van der Waals surface area contributed by atoms with Gasteiger partial charge >= 0.3 is 0 Å². The van der Waals surface area contributed by atoms with Crippen molar-refractivity contribution in [1.82, 2.24) is 10.3 Å². The van der Waals surface area contributed by atoms with E-state index in [1.54, 1.807) is 0 Å². The van der Waals surface area contributed by atoms with Gasteiger partial charge < -0.3 is 21.1 Å². The zero-order valence-corrected chi connectivity index (χ0v) is 12.6. The summed E-state index contributed by atoms with van der Waals surface area (Å²) in [6.45, 7) is 4.35. The number of carbonyl (C=O) groups excluding carboxylic acids is 1. The molecule has 1 amide bonds. The van der Waals surface area contributed by atoms with Gasteiger partial charge in [-0.05, 0) is 25.7 Å². The molecule has 1 atom stereocenters. The number of nitrogen functional groups attached to an aromatic ring is 1. The Bertz CT molecular complexity index is 444. The van der Waals surface area contributed by atoms with Gasteiger partial charge in [-0.15, -0.1) is 0 Å². The zero-order valence-electron chi connectivity index (χ0n) is 11.8. The number of nitrogens with two attached hydrogens (primary N) is 1. The van der Waals surface area contributed by atoms with Crippen LogP contribution in [0.1, 0.15) is 42.3 Å². The van der Waals surface area contributed by atoms with E-state index in [0.717, 1.165) is 38.8 Å². The van der Waals surface area contributed by atoms with E-state index in [0.29, 0.717) is 22.4 Å². The average Bonchev–Trinajstić information content (AvgIpc) is 3.06. The molecule has 1 aliphatic rings. The highest BCUT2D eigenvalue weighted by Gasteiger charge is 2.18. The number of hydrogen-bond acceptors (Lipinski definition) is 6. The molecule has 7 heteroatoms. The predicted molar refractivity (Wildman–Crippen MR) is 81.2 cm³/mol. The maximum Gasteiger partial charge on any atom is 0.265 e. The lowest BCUT2D eigenvalue weighted by molar-refractivity contribution is 0.0911. The number of rotatable bonds is 7. The van der Waals surface area contributed by atoms with Gasteiger partial charge in [0.25, 0.3) is 5.91 Å². The molecule has 1 aliphatic heterocycles. The molecule has 1 aromatic heterocycles. The van der Waals surface area contributed by atoms with Gasteiger partial charge in [0, 0.05) is 19.7 Å². The van der Waals surface area contributed by atoms with E-state index in [-0.39, 0.29) is 12.0 Å². The molecule has 112 valence electrons. The van der Waals surface area contributed by atoms with E-state index < -0.39 is 0 Å². The normalized spacial score (nSPS) is 18.1. The molecule has 0 aliphatic carbocycles. The molecule has 2 rings (SSSR count). The molecule has 0 radical (unpaired) electrons. The fourth-order valence-electron chi connectivity index (χ4n) is 2.10. The lowest BCUT2D eigenvalue weighted by atomic mass is 10.2. The standard InChI is InChI=1S/C13H22N4O2S/c1-2-6-16-13-17-11(14)10(20-13)12(18)15-7-5-9-4-3-8-19-9/h9H,2-8,14H2,1H3,(H,15,18)(H,16,17). The van der Waals surface area contributed by atoms with Gasteiger partial charge in [-0.3, -0.25) is 4.79 Å². The first-order valence-electron chi connectivity index (χ1n) is 7.10. The van der Waals surface area contributed by atoms with Crippen molar-refractivity contribution in [2.24, 2.45) is 0 Å². The Balaban J connectivity index is 1.80. The Kier molecular flexibility index (Phi) is 5.60. The third-order valence-corrected chi connectivity index (χ3v) is 4.19. The molecule has 1 saturated heterocycles. The van der Waals surface area contributed by atoms with Crippen LogP contribution in [0.25, 0.3) is 0 Å². The van der Waals surface area contributed by atoms with E-state index in [9.17, 15) is 4.79 Å². The quantitative estimate of drug-likeness (QED) is 0.715. The lowest BCUT2D eigenvalue weighted by Crippen LogP contribution is -2.26. The fraction of sp³-hybridized carbons (Fsp3) is 0.692. The molecule has 20 heavy (non-hydrogen) atoms. The van der Waals surface area contributed by atoms with Crippen molar-refractivity contribution >= 4 is 28.2 Å². The first-order valence-corrected chi connectivity index (χ1v) is 7.92. The van der Waals surface area contributed by atoms with Gasteiger partial charge in [-0.1, -0.05) is 18.3 Å². The van der Waals surface area contributed by atoms with Crippen molar-refractivity contribution < 1.29 is 9.53 Å². The smallest absolute Gasteiger partial charge is 0.265 e.